The maximum Gasteiger partial charge on any atom is 0.378 e. The molecule has 0 unspecified atom stereocenters. The lowest BCUT2D eigenvalue weighted by atomic mass is 10.0. The molecule has 0 radical (unpaired) electrons. The van der Waals surface area contributed by atoms with Crippen molar-refractivity contribution in [1.82, 2.24) is 0 Å². The van der Waals surface area contributed by atoms with Gasteiger partial charge in [0.2, 0.25) is 19.8 Å². The maximum atomic E-state index is 12.0. The lowest BCUT2D eigenvalue weighted by Gasteiger charge is -2.22. The zero-order valence-corrected chi connectivity index (χ0v) is 22.6. The molecule has 1 aliphatic rings. The first-order valence-corrected chi connectivity index (χ1v) is 16.4. The number of aliphatic hydroxyl groups excluding tert-OH is 2. The fraction of sp³-hybridized carbons (Fsp3) is 0.840. The second kappa shape index (κ2) is 16.9. The lowest BCUT2D eigenvalue weighted by molar-refractivity contribution is -0.200. The first-order valence-electron chi connectivity index (χ1n) is 13.0. The van der Waals surface area contributed by atoms with Crippen LogP contribution >= 0.6 is 0 Å². The molecule has 1 heterocycles. The third-order valence-electron chi connectivity index (χ3n) is 5.55. The van der Waals surface area contributed by atoms with Crippen LogP contribution in [0.4, 0.5) is 0 Å². The minimum absolute atomic E-state index is 0.276. The quantitative estimate of drug-likeness (QED) is 0.0701. The van der Waals surface area contributed by atoms with Gasteiger partial charge in [-0.15, -0.1) is 0 Å². The van der Waals surface area contributed by atoms with E-state index in [4.69, 9.17) is 18.9 Å². The highest BCUT2D eigenvalue weighted by atomic mass is 28.4. The Bertz CT molecular complexity index is 629. The minimum Gasteiger partial charge on any atom is -0.499 e. The van der Waals surface area contributed by atoms with Crippen LogP contribution in [-0.2, 0) is 28.5 Å². The van der Waals surface area contributed by atoms with E-state index in [-0.39, 0.29) is 18.8 Å². The topological polar surface area (TPSA) is 112 Å². The van der Waals surface area contributed by atoms with Crippen molar-refractivity contribution < 1.29 is 38.7 Å². The summed E-state index contributed by atoms with van der Waals surface area (Å²) < 4.78 is 15.3. The summed E-state index contributed by atoms with van der Waals surface area (Å²) >= 11 is 0. The molecular weight excluding hydrogens is 456 g/mol. The molecule has 1 aliphatic heterocycles. The normalized spacial score (nSPS) is 17.1. The molecule has 0 spiro atoms. The van der Waals surface area contributed by atoms with Crippen LogP contribution in [0.2, 0.25) is 19.6 Å². The van der Waals surface area contributed by atoms with Gasteiger partial charge in [-0.2, -0.15) is 0 Å². The molecule has 0 aromatic rings. The number of cyclic esters (lactones) is 1. The molecule has 2 atom stereocenters. The van der Waals surface area contributed by atoms with E-state index in [0.29, 0.717) is 0 Å². The Kier molecular flexibility index (Phi) is 15.2. The number of unbranched alkanes of at least 4 members (excludes halogenated alkanes) is 12. The highest BCUT2D eigenvalue weighted by Gasteiger charge is 2.43. The molecule has 0 aromatic carbocycles. The summed E-state index contributed by atoms with van der Waals surface area (Å²) in [5.74, 6) is -2.48. The summed E-state index contributed by atoms with van der Waals surface area (Å²) in [6.45, 7) is 7.43. The number of hydrogen-bond acceptors (Lipinski definition) is 8. The first kappa shape index (κ1) is 30.4. The Morgan fingerprint density at radius 3 is 1.94 bits per heavy atom. The Morgan fingerprint density at radius 2 is 1.44 bits per heavy atom. The fourth-order valence-corrected chi connectivity index (χ4v) is 3.93. The predicted octanol–water partition coefficient (Wildman–Crippen LogP) is 5.85. The van der Waals surface area contributed by atoms with Crippen molar-refractivity contribution in [3.05, 3.63) is 11.5 Å². The Balaban J connectivity index is 2.11. The smallest absolute Gasteiger partial charge is 0.378 e. The zero-order valence-electron chi connectivity index (χ0n) is 21.6. The fourth-order valence-electron chi connectivity index (χ4n) is 3.60. The molecule has 198 valence electrons. The van der Waals surface area contributed by atoms with Crippen LogP contribution in [-0.4, -0.2) is 49.3 Å². The van der Waals surface area contributed by atoms with Gasteiger partial charge >= 0.3 is 11.9 Å². The van der Waals surface area contributed by atoms with Crippen molar-refractivity contribution >= 4 is 20.3 Å². The molecule has 8 nitrogen and oxygen atoms in total. The summed E-state index contributed by atoms with van der Waals surface area (Å²) in [4.78, 5) is 28.7. The molecular formula is C25H46O8Si. The van der Waals surface area contributed by atoms with Crippen LogP contribution in [0.1, 0.15) is 96.8 Å². The molecule has 9 heteroatoms. The van der Waals surface area contributed by atoms with Gasteiger partial charge in [0, 0.05) is 6.42 Å². The van der Waals surface area contributed by atoms with Gasteiger partial charge in [0.25, 0.3) is 0 Å². The van der Waals surface area contributed by atoms with Crippen LogP contribution in [0, 0.1) is 0 Å². The van der Waals surface area contributed by atoms with E-state index >= 15 is 0 Å². The molecule has 0 bridgehead atoms. The lowest BCUT2D eigenvalue weighted by Crippen LogP contribution is -2.35. The molecule has 34 heavy (non-hydrogen) atoms. The van der Waals surface area contributed by atoms with E-state index in [1.54, 1.807) is 0 Å². The van der Waals surface area contributed by atoms with Crippen molar-refractivity contribution in [3.8, 4) is 0 Å². The standard InChI is InChI=1S/C25H46O8Si/c1-5-6-7-8-9-10-11-12-13-14-15-16-17-18-21(27)30-19-20(26)23-24(22(28)25(29)31-23)32-33-34(2,3)4/h20,23,26,28H,5-19H2,1-4H3/t20-,23+/m0/s1. The number of esters is 2. The van der Waals surface area contributed by atoms with Crippen LogP contribution in [0.15, 0.2) is 11.5 Å². The van der Waals surface area contributed by atoms with Gasteiger partial charge in [-0.3, -0.25) is 4.79 Å². The number of carbonyl (C=O) groups excluding carboxylic acids is 2. The predicted molar refractivity (Wildman–Crippen MR) is 132 cm³/mol. The SMILES string of the molecule is CCCCCCCCCCCCCCCC(=O)OC[C@H](O)[C@H]1OC(=O)C(O)=C1OO[Si](C)(C)C. The minimum atomic E-state index is -2.12. The first-order chi connectivity index (χ1) is 16.2. The van der Waals surface area contributed by atoms with Crippen LogP contribution < -0.4 is 0 Å². The molecule has 0 aromatic heterocycles. The molecule has 0 saturated carbocycles. The summed E-state index contributed by atoms with van der Waals surface area (Å²) in [6.07, 6.45) is 13.6. The van der Waals surface area contributed by atoms with E-state index in [1.807, 2.05) is 19.6 Å². The number of aliphatic hydroxyl groups is 2. The molecule has 0 fully saturated rings. The van der Waals surface area contributed by atoms with Crippen molar-refractivity contribution in [2.24, 2.45) is 0 Å². The van der Waals surface area contributed by atoms with Gasteiger partial charge < -0.3 is 24.6 Å². The van der Waals surface area contributed by atoms with Crippen LogP contribution in [0.3, 0.4) is 0 Å². The van der Waals surface area contributed by atoms with E-state index in [1.165, 1.54) is 64.2 Å². The van der Waals surface area contributed by atoms with Gasteiger partial charge in [-0.25, -0.2) is 9.37 Å². The van der Waals surface area contributed by atoms with Gasteiger partial charge in [0.05, 0.1) is 0 Å². The Hall–Kier alpha value is -1.58. The summed E-state index contributed by atoms with van der Waals surface area (Å²) in [5, 5.41) is 20.1. The zero-order chi connectivity index (χ0) is 25.4. The van der Waals surface area contributed by atoms with Gasteiger partial charge in [-0.05, 0) is 26.1 Å². The summed E-state index contributed by atoms with van der Waals surface area (Å²) in [7, 11) is -2.12. The monoisotopic (exact) mass is 502 g/mol. The van der Waals surface area contributed by atoms with Gasteiger partial charge in [0.1, 0.15) is 12.7 Å². The average molecular weight is 503 g/mol. The largest absolute Gasteiger partial charge is 0.499 e. The van der Waals surface area contributed by atoms with Crippen molar-refractivity contribution in [3.63, 3.8) is 0 Å². The molecule has 0 aliphatic carbocycles. The number of ether oxygens (including phenoxy) is 2. The molecule has 2 N–H and O–H groups in total. The third kappa shape index (κ3) is 13.3. The van der Waals surface area contributed by atoms with Gasteiger partial charge in [0.15, 0.2) is 6.10 Å². The highest BCUT2D eigenvalue weighted by Crippen LogP contribution is 2.26. The maximum absolute atomic E-state index is 12.0. The van der Waals surface area contributed by atoms with Crippen molar-refractivity contribution in [1.29, 1.82) is 0 Å². The van der Waals surface area contributed by atoms with Crippen molar-refractivity contribution in [2.45, 2.75) is 129 Å². The third-order valence-corrected chi connectivity index (χ3v) is 6.13. The number of hydrogen-bond donors (Lipinski definition) is 2. The average Bonchev–Trinajstić information content (AvgIpc) is 3.07. The Labute approximate surface area is 206 Å². The Morgan fingerprint density at radius 1 is 0.941 bits per heavy atom. The van der Waals surface area contributed by atoms with E-state index in [0.717, 1.165) is 19.3 Å². The second-order valence-electron chi connectivity index (χ2n) is 10.1. The second-order valence-corrected chi connectivity index (χ2v) is 14.5. The van der Waals surface area contributed by atoms with Crippen LogP contribution in [0.5, 0.6) is 0 Å². The number of carbonyl (C=O) groups is 2. The summed E-state index contributed by atoms with van der Waals surface area (Å²) in [6, 6.07) is 0. The summed E-state index contributed by atoms with van der Waals surface area (Å²) in [5.41, 5.74) is 0. The molecule has 1 rings (SSSR count). The van der Waals surface area contributed by atoms with E-state index in [2.05, 4.69) is 6.92 Å². The molecule has 0 saturated heterocycles. The van der Waals surface area contributed by atoms with Gasteiger partial charge in [-0.1, -0.05) is 84.0 Å². The van der Waals surface area contributed by atoms with E-state index in [9.17, 15) is 19.8 Å². The van der Waals surface area contributed by atoms with Crippen LogP contribution in [0.25, 0.3) is 0 Å². The highest BCUT2D eigenvalue weighted by molar-refractivity contribution is 6.69. The number of rotatable bonds is 20. The molecule has 0 amide bonds. The van der Waals surface area contributed by atoms with Crippen molar-refractivity contribution in [2.75, 3.05) is 6.61 Å². The van der Waals surface area contributed by atoms with E-state index < -0.39 is 38.2 Å².